The second kappa shape index (κ2) is 6.41. The van der Waals surface area contributed by atoms with E-state index in [9.17, 15) is 14.7 Å². The molecule has 1 aromatic rings. The molecule has 5 heteroatoms. The van der Waals surface area contributed by atoms with Gasteiger partial charge in [0, 0.05) is 0 Å². The lowest BCUT2D eigenvalue weighted by molar-refractivity contribution is -0.139. The van der Waals surface area contributed by atoms with Crippen LogP contribution in [-0.2, 0) is 16.0 Å². The van der Waals surface area contributed by atoms with E-state index in [1.165, 1.54) is 0 Å². The van der Waals surface area contributed by atoms with Crippen LogP contribution in [0.15, 0.2) is 24.3 Å². The zero-order valence-electron chi connectivity index (χ0n) is 12.3. The van der Waals surface area contributed by atoms with Crippen LogP contribution in [0, 0.1) is 0 Å². The van der Waals surface area contributed by atoms with E-state index in [-0.39, 0.29) is 0 Å². The molecule has 0 fully saturated rings. The molecule has 1 rings (SSSR count). The van der Waals surface area contributed by atoms with Gasteiger partial charge in [-0.1, -0.05) is 31.2 Å². The Morgan fingerprint density at radius 1 is 1.30 bits per heavy atom. The van der Waals surface area contributed by atoms with Gasteiger partial charge in [0.2, 0.25) is 0 Å². The minimum absolute atomic E-state index is 0.577. The molecule has 0 saturated heterocycles. The van der Waals surface area contributed by atoms with Gasteiger partial charge in [0.05, 0.1) is 0 Å². The van der Waals surface area contributed by atoms with Crippen molar-refractivity contribution in [3.8, 4) is 0 Å². The molecule has 2 N–H and O–H groups in total. The first-order valence-corrected chi connectivity index (χ1v) is 6.54. The molecule has 5 nitrogen and oxygen atoms in total. The Morgan fingerprint density at radius 3 is 2.40 bits per heavy atom. The van der Waals surface area contributed by atoms with Crippen molar-refractivity contribution in [3.05, 3.63) is 35.4 Å². The number of carboxylic acid groups (broad SMARTS) is 1. The van der Waals surface area contributed by atoms with Crippen LogP contribution >= 0.6 is 0 Å². The normalized spacial score (nSPS) is 12.6. The average Bonchev–Trinajstić information content (AvgIpc) is 2.33. The van der Waals surface area contributed by atoms with Crippen LogP contribution in [0.5, 0.6) is 0 Å². The van der Waals surface area contributed by atoms with E-state index < -0.39 is 23.7 Å². The predicted molar refractivity (Wildman–Crippen MR) is 75.6 cm³/mol. The molecule has 0 aliphatic carbocycles. The van der Waals surface area contributed by atoms with Crippen LogP contribution in [0.2, 0.25) is 0 Å². The molecule has 1 unspecified atom stereocenters. The average molecular weight is 279 g/mol. The van der Waals surface area contributed by atoms with E-state index in [1.807, 2.05) is 19.1 Å². The Hall–Kier alpha value is -2.04. The van der Waals surface area contributed by atoms with Crippen LogP contribution in [0.25, 0.3) is 0 Å². The second-order valence-corrected chi connectivity index (χ2v) is 5.47. The smallest absolute Gasteiger partial charge is 0.408 e. The number of hydrogen-bond donors (Lipinski definition) is 2. The summed E-state index contributed by atoms with van der Waals surface area (Å²) in [7, 11) is 0. The molecule has 0 aliphatic heterocycles. The first kappa shape index (κ1) is 16.0. The Kier molecular flexibility index (Phi) is 5.13. The Morgan fingerprint density at radius 2 is 1.90 bits per heavy atom. The van der Waals surface area contributed by atoms with Gasteiger partial charge in [0.1, 0.15) is 5.60 Å². The third-order valence-corrected chi connectivity index (χ3v) is 2.66. The molecule has 0 spiro atoms. The standard InChI is InChI=1S/C15H21NO4/c1-5-10-8-6-7-9-11(10)12(13(17)18)16-14(19)20-15(2,3)4/h6-9,12H,5H2,1-4H3,(H,16,19)(H,17,18). The molecule has 0 heterocycles. The summed E-state index contributed by atoms with van der Waals surface area (Å²) in [6.45, 7) is 7.11. The number of carbonyl (C=O) groups is 2. The quantitative estimate of drug-likeness (QED) is 0.888. The van der Waals surface area contributed by atoms with Crippen molar-refractivity contribution in [3.63, 3.8) is 0 Å². The van der Waals surface area contributed by atoms with Crippen molar-refractivity contribution in [2.75, 3.05) is 0 Å². The number of aryl methyl sites for hydroxylation is 1. The fraction of sp³-hybridized carbons (Fsp3) is 0.467. The fourth-order valence-corrected chi connectivity index (χ4v) is 1.84. The van der Waals surface area contributed by atoms with Gasteiger partial charge in [0.25, 0.3) is 0 Å². The maximum atomic E-state index is 11.7. The maximum absolute atomic E-state index is 11.7. The Bertz CT molecular complexity index is 491. The maximum Gasteiger partial charge on any atom is 0.408 e. The topological polar surface area (TPSA) is 75.6 Å². The number of ether oxygens (including phenoxy) is 1. The van der Waals surface area contributed by atoms with Crippen LogP contribution in [0.3, 0.4) is 0 Å². The van der Waals surface area contributed by atoms with E-state index in [0.29, 0.717) is 12.0 Å². The molecule has 1 amide bonds. The first-order valence-electron chi connectivity index (χ1n) is 6.54. The lowest BCUT2D eigenvalue weighted by Crippen LogP contribution is -2.38. The van der Waals surface area contributed by atoms with Gasteiger partial charge in [-0.2, -0.15) is 0 Å². The van der Waals surface area contributed by atoms with E-state index in [1.54, 1.807) is 32.9 Å². The van der Waals surface area contributed by atoms with Crippen molar-refractivity contribution in [1.29, 1.82) is 0 Å². The molecule has 0 radical (unpaired) electrons. The summed E-state index contributed by atoms with van der Waals surface area (Å²) in [5.41, 5.74) is 0.793. The lowest BCUT2D eigenvalue weighted by atomic mass is 9.99. The number of alkyl carbamates (subject to hydrolysis) is 1. The van der Waals surface area contributed by atoms with E-state index in [2.05, 4.69) is 5.32 Å². The Balaban J connectivity index is 2.96. The summed E-state index contributed by atoms with van der Waals surface area (Å²) in [6.07, 6.45) is -0.0496. The number of benzene rings is 1. The highest BCUT2D eigenvalue weighted by Crippen LogP contribution is 2.20. The van der Waals surface area contributed by atoms with Crippen molar-refractivity contribution >= 4 is 12.1 Å². The van der Waals surface area contributed by atoms with Crippen LogP contribution in [0.4, 0.5) is 4.79 Å². The van der Waals surface area contributed by atoms with Gasteiger partial charge >= 0.3 is 12.1 Å². The minimum Gasteiger partial charge on any atom is -0.479 e. The summed E-state index contributed by atoms with van der Waals surface area (Å²) < 4.78 is 5.10. The highest BCUT2D eigenvalue weighted by molar-refractivity contribution is 5.81. The van der Waals surface area contributed by atoms with Gasteiger partial charge in [-0.3, -0.25) is 0 Å². The monoisotopic (exact) mass is 279 g/mol. The minimum atomic E-state index is -1.11. The number of carboxylic acids is 1. The molecular formula is C15H21NO4. The van der Waals surface area contributed by atoms with Crippen molar-refractivity contribution in [2.45, 2.75) is 45.8 Å². The van der Waals surface area contributed by atoms with E-state index >= 15 is 0 Å². The number of aliphatic carboxylic acids is 1. The summed E-state index contributed by atoms with van der Waals surface area (Å²) in [6, 6.07) is 6.04. The van der Waals surface area contributed by atoms with Crippen LogP contribution in [0.1, 0.15) is 44.9 Å². The van der Waals surface area contributed by atoms with Gasteiger partial charge in [-0.15, -0.1) is 0 Å². The van der Waals surface area contributed by atoms with Gasteiger partial charge in [0.15, 0.2) is 6.04 Å². The summed E-state index contributed by atoms with van der Waals surface area (Å²) in [5, 5.41) is 11.7. The van der Waals surface area contributed by atoms with Gasteiger partial charge in [-0.05, 0) is 38.3 Å². The number of hydrogen-bond acceptors (Lipinski definition) is 3. The molecule has 1 aromatic carbocycles. The fourth-order valence-electron chi connectivity index (χ4n) is 1.84. The van der Waals surface area contributed by atoms with Gasteiger partial charge in [-0.25, -0.2) is 9.59 Å². The van der Waals surface area contributed by atoms with Crippen molar-refractivity contribution < 1.29 is 19.4 Å². The molecule has 0 aliphatic rings. The summed E-state index contributed by atoms with van der Waals surface area (Å²) in [5.74, 6) is -1.11. The number of amides is 1. The largest absolute Gasteiger partial charge is 0.479 e. The summed E-state index contributed by atoms with van der Waals surface area (Å²) in [4.78, 5) is 23.1. The molecular weight excluding hydrogens is 258 g/mol. The zero-order chi connectivity index (χ0) is 15.3. The summed E-state index contributed by atoms with van der Waals surface area (Å²) >= 11 is 0. The molecule has 1 atom stereocenters. The molecule has 0 saturated carbocycles. The lowest BCUT2D eigenvalue weighted by Gasteiger charge is -2.23. The third kappa shape index (κ3) is 4.57. The third-order valence-electron chi connectivity index (χ3n) is 2.66. The van der Waals surface area contributed by atoms with Crippen molar-refractivity contribution in [2.24, 2.45) is 0 Å². The number of carbonyl (C=O) groups excluding carboxylic acids is 1. The van der Waals surface area contributed by atoms with E-state index in [0.717, 1.165) is 5.56 Å². The van der Waals surface area contributed by atoms with Crippen LogP contribution in [-0.4, -0.2) is 22.8 Å². The first-order chi connectivity index (χ1) is 9.24. The Labute approximate surface area is 118 Å². The van der Waals surface area contributed by atoms with Crippen molar-refractivity contribution in [1.82, 2.24) is 5.32 Å². The zero-order valence-corrected chi connectivity index (χ0v) is 12.3. The van der Waals surface area contributed by atoms with E-state index in [4.69, 9.17) is 4.74 Å². The number of nitrogens with one attached hydrogen (secondary N) is 1. The molecule has 20 heavy (non-hydrogen) atoms. The molecule has 0 aromatic heterocycles. The molecule has 0 bridgehead atoms. The highest BCUT2D eigenvalue weighted by Gasteiger charge is 2.26. The SMILES string of the molecule is CCc1ccccc1C(NC(=O)OC(C)(C)C)C(=O)O. The predicted octanol–water partition coefficient (Wildman–Crippen LogP) is 2.90. The van der Waals surface area contributed by atoms with Crippen LogP contribution < -0.4 is 5.32 Å². The highest BCUT2D eigenvalue weighted by atomic mass is 16.6. The van der Waals surface area contributed by atoms with Gasteiger partial charge < -0.3 is 15.2 Å². The number of rotatable bonds is 4. The second-order valence-electron chi connectivity index (χ2n) is 5.47. The molecule has 110 valence electrons.